The zero-order valence-electron chi connectivity index (χ0n) is 9.35. The molecule has 2 rings (SSSR count). The number of H-pyrrole nitrogens is 1. The van der Waals surface area contributed by atoms with Crippen LogP contribution < -0.4 is 5.32 Å². The van der Waals surface area contributed by atoms with Gasteiger partial charge in [0.25, 0.3) is 0 Å². The monoisotopic (exact) mass is 253 g/mol. The van der Waals surface area contributed by atoms with E-state index in [4.69, 9.17) is 0 Å². The first-order valence-electron chi connectivity index (χ1n) is 4.84. The smallest absolute Gasteiger partial charge is 0.357 e. The summed E-state index contributed by atoms with van der Waals surface area (Å²) >= 11 is 1.39. The van der Waals surface area contributed by atoms with Crippen molar-refractivity contribution in [1.82, 2.24) is 20.2 Å². The third kappa shape index (κ3) is 2.59. The van der Waals surface area contributed by atoms with Crippen LogP contribution in [0.4, 0.5) is 5.13 Å². The molecule has 90 valence electrons. The molecule has 2 aromatic rings. The van der Waals surface area contributed by atoms with Crippen LogP contribution in [0.25, 0.3) is 0 Å². The van der Waals surface area contributed by atoms with E-state index in [1.165, 1.54) is 24.8 Å². The number of thiazole rings is 1. The molecule has 0 atom stereocenters. The Kier molecular flexibility index (Phi) is 3.33. The number of aryl methyl sites for hydroxylation is 1. The molecule has 0 aliphatic heterocycles. The van der Waals surface area contributed by atoms with Gasteiger partial charge in [0.15, 0.2) is 10.8 Å². The average Bonchev–Trinajstić information content (AvgIpc) is 2.94. The quantitative estimate of drug-likeness (QED) is 0.789. The number of nitrogens with one attached hydrogen (secondary N) is 2. The van der Waals surface area contributed by atoms with Crippen LogP contribution in [0.2, 0.25) is 0 Å². The van der Waals surface area contributed by atoms with E-state index < -0.39 is 5.97 Å². The van der Waals surface area contributed by atoms with Crippen LogP contribution in [0.5, 0.6) is 0 Å². The van der Waals surface area contributed by atoms with Crippen LogP contribution in [-0.2, 0) is 11.3 Å². The minimum absolute atomic E-state index is 0.345. The molecule has 0 aliphatic carbocycles. The topological polar surface area (TPSA) is 92.8 Å². The molecule has 0 unspecified atom stereocenters. The second-order valence-corrected chi connectivity index (χ2v) is 4.40. The molecule has 8 heteroatoms. The number of aromatic amines is 1. The Labute approximate surface area is 101 Å². The zero-order valence-corrected chi connectivity index (χ0v) is 10.2. The SMILES string of the molecule is COC(=O)c1nc(NCc2ncn[nH]2)sc1C. The Morgan fingerprint density at radius 3 is 3.12 bits per heavy atom. The molecule has 2 N–H and O–H groups in total. The number of rotatable bonds is 4. The van der Waals surface area contributed by atoms with Crippen LogP contribution in [0.15, 0.2) is 6.33 Å². The second-order valence-electron chi connectivity index (χ2n) is 3.20. The lowest BCUT2D eigenvalue weighted by Crippen LogP contribution is -2.05. The highest BCUT2D eigenvalue weighted by atomic mass is 32.1. The van der Waals surface area contributed by atoms with Crippen LogP contribution in [0, 0.1) is 6.92 Å². The van der Waals surface area contributed by atoms with Gasteiger partial charge in [-0.3, -0.25) is 5.10 Å². The Morgan fingerprint density at radius 2 is 2.47 bits per heavy atom. The zero-order chi connectivity index (χ0) is 12.3. The molecule has 0 saturated carbocycles. The number of aromatic nitrogens is 4. The standard InChI is InChI=1S/C9H11N5O2S/c1-5-7(8(15)16-2)13-9(17-5)10-3-6-11-4-12-14-6/h4H,3H2,1-2H3,(H,10,13)(H,11,12,14). The number of hydrogen-bond acceptors (Lipinski definition) is 7. The predicted molar refractivity (Wildman–Crippen MR) is 61.9 cm³/mol. The number of methoxy groups -OCH3 is 1. The number of carbonyl (C=O) groups is 1. The molecule has 0 aliphatic rings. The van der Waals surface area contributed by atoms with Crippen molar-refractivity contribution in [3.63, 3.8) is 0 Å². The van der Waals surface area contributed by atoms with Gasteiger partial charge in [0.2, 0.25) is 0 Å². The fraction of sp³-hybridized carbons (Fsp3) is 0.333. The molecular formula is C9H11N5O2S. The third-order valence-corrected chi connectivity index (χ3v) is 2.98. The van der Waals surface area contributed by atoms with Crippen molar-refractivity contribution in [2.45, 2.75) is 13.5 Å². The van der Waals surface area contributed by atoms with Gasteiger partial charge in [-0.05, 0) is 6.92 Å². The first kappa shape index (κ1) is 11.5. The number of ether oxygens (including phenoxy) is 1. The molecule has 2 heterocycles. The van der Waals surface area contributed by atoms with Crippen molar-refractivity contribution in [3.8, 4) is 0 Å². The van der Waals surface area contributed by atoms with Gasteiger partial charge in [-0.15, -0.1) is 11.3 Å². The number of esters is 1. The van der Waals surface area contributed by atoms with Crippen molar-refractivity contribution in [3.05, 3.63) is 22.7 Å². The highest BCUT2D eigenvalue weighted by Gasteiger charge is 2.15. The lowest BCUT2D eigenvalue weighted by atomic mass is 10.4. The summed E-state index contributed by atoms with van der Waals surface area (Å²) in [5, 5.41) is 10.2. The van der Waals surface area contributed by atoms with Crippen molar-refractivity contribution in [2.75, 3.05) is 12.4 Å². The van der Waals surface area contributed by atoms with Crippen LogP contribution >= 0.6 is 11.3 Å². The van der Waals surface area contributed by atoms with E-state index in [-0.39, 0.29) is 0 Å². The van der Waals surface area contributed by atoms with Crippen molar-refractivity contribution < 1.29 is 9.53 Å². The largest absolute Gasteiger partial charge is 0.464 e. The molecular weight excluding hydrogens is 242 g/mol. The van der Waals surface area contributed by atoms with E-state index in [1.807, 2.05) is 6.92 Å². The molecule has 17 heavy (non-hydrogen) atoms. The molecule has 0 spiro atoms. The molecule has 0 amide bonds. The molecule has 0 aromatic carbocycles. The summed E-state index contributed by atoms with van der Waals surface area (Å²) < 4.78 is 4.63. The van der Waals surface area contributed by atoms with Crippen LogP contribution in [-0.4, -0.2) is 33.2 Å². The van der Waals surface area contributed by atoms with E-state index in [0.717, 1.165) is 4.88 Å². The highest BCUT2D eigenvalue weighted by molar-refractivity contribution is 7.15. The number of carbonyl (C=O) groups excluding carboxylic acids is 1. The average molecular weight is 253 g/mol. The summed E-state index contributed by atoms with van der Waals surface area (Å²) in [6.07, 6.45) is 1.43. The van der Waals surface area contributed by atoms with Gasteiger partial charge >= 0.3 is 5.97 Å². The maximum absolute atomic E-state index is 11.3. The molecule has 2 aromatic heterocycles. The van der Waals surface area contributed by atoms with Gasteiger partial charge in [0.1, 0.15) is 12.2 Å². The Hall–Kier alpha value is -1.96. The van der Waals surface area contributed by atoms with Gasteiger partial charge in [-0.2, -0.15) is 5.10 Å². The van der Waals surface area contributed by atoms with E-state index in [0.29, 0.717) is 23.2 Å². The summed E-state index contributed by atoms with van der Waals surface area (Å²) in [4.78, 5) is 20.3. The Morgan fingerprint density at radius 1 is 1.65 bits per heavy atom. The van der Waals surface area contributed by atoms with E-state index in [9.17, 15) is 4.79 Å². The second kappa shape index (κ2) is 4.91. The van der Waals surface area contributed by atoms with Crippen LogP contribution in [0.3, 0.4) is 0 Å². The summed E-state index contributed by atoms with van der Waals surface area (Å²) in [6.45, 7) is 2.30. The predicted octanol–water partition coefficient (Wildman–Crippen LogP) is 0.968. The van der Waals surface area contributed by atoms with Gasteiger partial charge in [0, 0.05) is 4.88 Å². The van der Waals surface area contributed by atoms with Crippen molar-refractivity contribution in [2.24, 2.45) is 0 Å². The van der Waals surface area contributed by atoms with Crippen molar-refractivity contribution in [1.29, 1.82) is 0 Å². The normalized spacial score (nSPS) is 10.2. The van der Waals surface area contributed by atoms with E-state index in [2.05, 4.69) is 30.2 Å². The van der Waals surface area contributed by atoms with Gasteiger partial charge < -0.3 is 10.1 Å². The van der Waals surface area contributed by atoms with Gasteiger partial charge in [-0.25, -0.2) is 14.8 Å². The Balaban J connectivity index is 2.05. The lowest BCUT2D eigenvalue weighted by molar-refractivity contribution is 0.0594. The molecule has 0 fully saturated rings. The first-order valence-corrected chi connectivity index (χ1v) is 5.66. The maximum Gasteiger partial charge on any atom is 0.357 e. The third-order valence-electron chi connectivity index (χ3n) is 2.05. The highest BCUT2D eigenvalue weighted by Crippen LogP contribution is 2.22. The summed E-state index contributed by atoms with van der Waals surface area (Å²) in [7, 11) is 1.34. The van der Waals surface area contributed by atoms with Gasteiger partial charge in [-0.1, -0.05) is 0 Å². The maximum atomic E-state index is 11.3. The van der Waals surface area contributed by atoms with E-state index in [1.54, 1.807) is 0 Å². The van der Waals surface area contributed by atoms with E-state index >= 15 is 0 Å². The Bertz CT molecular complexity index is 507. The lowest BCUT2D eigenvalue weighted by Gasteiger charge is -1.97. The summed E-state index contributed by atoms with van der Waals surface area (Å²) in [5.41, 5.74) is 0.345. The first-order chi connectivity index (χ1) is 8.20. The molecule has 0 radical (unpaired) electrons. The summed E-state index contributed by atoms with van der Waals surface area (Å²) in [6, 6.07) is 0. The summed E-state index contributed by atoms with van der Waals surface area (Å²) in [5.74, 6) is 0.281. The van der Waals surface area contributed by atoms with Crippen molar-refractivity contribution >= 4 is 22.4 Å². The van der Waals surface area contributed by atoms with Gasteiger partial charge in [0.05, 0.1) is 13.7 Å². The molecule has 7 nitrogen and oxygen atoms in total. The minimum Gasteiger partial charge on any atom is -0.464 e. The fourth-order valence-electron chi connectivity index (χ4n) is 1.23. The minimum atomic E-state index is -0.425. The number of hydrogen-bond donors (Lipinski definition) is 2. The molecule has 0 bridgehead atoms. The molecule has 0 saturated heterocycles. The number of anilines is 1. The fourth-order valence-corrected chi connectivity index (χ4v) is 2.03. The van der Waals surface area contributed by atoms with Crippen LogP contribution in [0.1, 0.15) is 21.2 Å². The number of nitrogens with zero attached hydrogens (tertiary/aromatic N) is 3.